The summed E-state index contributed by atoms with van der Waals surface area (Å²) in [7, 11) is 4.04. The first-order valence-corrected chi connectivity index (χ1v) is 9.03. The lowest BCUT2D eigenvalue weighted by molar-refractivity contribution is 0.274. The first-order valence-electron chi connectivity index (χ1n) is 8.16. The molecule has 1 aliphatic rings. The number of thiophene rings is 1. The molecule has 0 radical (unpaired) electrons. The van der Waals surface area contributed by atoms with Gasteiger partial charge >= 0.3 is 0 Å². The summed E-state index contributed by atoms with van der Waals surface area (Å²) in [6.07, 6.45) is 2.44. The number of guanidine groups is 1. The van der Waals surface area contributed by atoms with Crippen molar-refractivity contribution in [2.75, 3.05) is 53.4 Å². The van der Waals surface area contributed by atoms with Crippen LogP contribution < -0.4 is 10.6 Å². The summed E-state index contributed by atoms with van der Waals surface area (Å²) < 4.78 is 0. The van der Waals surface area contributed by atoms with E-state index in [0.717, 1.165) is 25.5 Å². The fraction of sp³-hybridized carbons (Fsp3) is 0.688. The van der Waals surface area contributed by atoms with Crippen LogP contribution in [0.15, 0.2) is 22.5 Å². The minimum atomic E-state index is 0. The van der Waals surface area contributed by atoms with E-state index < -0.39 is 0 Å². The Labute approximate surface area is 161 Å². The summed E-state index contributed by atoms with van der Waals surface area (Å²) in [5.41, 5.74) is 0. The molecule has 0 aromatic carbocycles. The topological polar surface area (TPSA) is 42.9 Å². The molecular weight excluding hydrogens is 421 g/mol. The van der Waals surface area contributed by atoms with Gasteiger partial charge in [0, 0.05) is 31.6 Å². The maximum absolute atomic E-state index is 4.28. The second-order valence-electron chi connectivity index (χ2n) is 5.78. The van der Waals surface area contributed by atoms with Crippen LogP contribution in [0.5, 0.6) is 0 Å². The van der Waals surface area contributed by atoms with Crippen LogP contribution in [0.1, 0.15) is 17.7 Å². The molecule has 2 N–H and O–H groups in total. The number of nitrogens with one attached hydrogen (secondary N) is 2. The van der Waals surface area contributed by atoms with E-state index in [2.05, 4.69) is 50.0 Å². The normalized spacial score (nSPS) is 17.4. The highest BCUT2D eigenvalue weighted by Crippen LogP contribution is 2.07. The first-order chi connectivity index (χ1) is 10.8. The highest BCUT2D eigenvalue weighted by molar-refractivity contribution is 14.0. The molecule has 0 unspecified atom stereocenters. The Morgan fingerprint density at radius 2 is 2.13 bits per heavy atom. The molecule has 1 fully saturated rings. The van der Waals surface area contributed by atoms with E-state index in [-0.39, 0.29) is 24.0 Å². The van der Waals surface area contributed by atoms with E-state index in [1.54, 1.807) is 11.3 Å². The fourth-order valence-corrected chi connectivity index (χ4v) is 3.28. The van der Waals surface area contributed by atoms with Gasteiger partial charge in [0.05, 0.1) is 6.54 Å². The summed E-state index contributed by atoms with van der Waals surface area (Å²) in [5, 5.41) is 8.86. The van der Waals surface area contributed by atoms with Crippen molar-refractivity contribution >= 4 is 41.3 Å². The third-order valence-corrected chi connectivity index (χ3v) is 4.87. The zero-order chi connectivity index (χ0) is 15.6. The molecule has 1 aliphatic heterocycles. The van der Waals surface area contributed by atoms with Crippen molar-refractivity contribution in [2.24, 2.45) is 4.99 Å². The Bertz CT molecular complexity index is 438. The van der Waals surface area contributed by atoms with Gasteiger partial charge in [-0.1, -0.05) is 6.07 Å². The second kappa shape index (κ2) is 12.0. The van der Waals surface area contributed by atoms with E-state index >= 15 is 0 Å². The molecule has 0 saturated carbocycles. The Morgan fingerprint density at radius 3 is 2.87 bits per heavy atom. The molecule has 1 aromatic heterocycles. The smallest absolute Gasteiger partial charge is 0.191 e. The van der Waals surface area contributed by atoms with Gasteiger partial charge in [-0.25, -0.2) is 0 Å². The average Bonchev–Trinajstić information content (AvgIpc) is 2.96. The van der Waals surface area contributed by atoms with Gasteiger partial charge in [0.1, 0.15) is 0 Å². The van der Waals surface area contributed by atoms with Crippen LogP contribution in [-0.4, -0.2) is 69.1 Å². The molecule has 23 heavy (non-hydrogen) atoms. The highest BCUT2D eigenvalue weighted by Gasteiger charge is 2.11. The van der Waals surface area contributed by atoms with E-state index in [9.17, 15) is 0 Å². The van der Waals surface area contributed by atoms with E-state index in [0.29, 0.717) is 0 Å². The second-order valence-corrected chi connectivity index (χ2v) is 6.82. The molecule has 0 bridgehead atoms. The van der Waals surface area contributed by atoms with Crippen molar-refractivity contribution in [2.45, 2.75) is 19.4 Å². The van der Waals surface area contributed by atoms with Gasteiger partial charge in [-0.15, -0.1) is 35.3 Å². The van der Waals surface area contributed by atoms with Gasteiger partial charge in [-0.2, -0.15) is 0 Å². The molecule has 7 heteroatoms. The van der Waals surface area contributed by atoms with Gasteiger partial charge in [0.25, 0.3) is 0 Å². The minimum absolute atomic E-state index is 0. The number of nitrogens with zero attached hydrogens (tertiary/aromatic N) is 3. The highest BCUT2D eigenvalue weighted by atomic mass is 127. The van der Waals surface area contributed by atoms with Crippen LogP contribution in [0.3, 0.4) is 0 Å². The standard InChI is InChI=1S/C16H29N5S.HI/c1-17-16(19-14-15-6-3-13-22-15)18-7-4-9-21-10-5-8-20(2)11-12-21;/h3,6,13H,4-5,7-12,14H2,1-2H3,(H2,17,18,19);1H. The third kappa shape index (κ3) is 8.32. The molecule has 132 valence electrons. The monoisotopic (exact) mass is 451 g/mol. The molecule has 5 nitrogen and oxygen atoms in total. The summed E-state index contributed by atoms with van der Waals surface area (Å²) >= 11 is 1.77. The first kappa shape index (κ1) is 20.7. The predicted octanol–water partition coefficient (Wildman–Crippen LogP) is 2.06. The van der Waals surface area contributed by atoms with Gasteiger partial charge in [-0.05, 0) is 51.0 Å². The molecule has 1 saturated heterocycles. The zero-order valence-corrected chi connectivity index (χ0v) is 17.4. The van der Waals surface area contributed by atoms with Crippen molar-refractivity contribution < 1.29 is 0 Å². The lowest BCUT2D eigenvalue weighted by Crippen LogP contribution is -2.38. The molecule has 0 aliphatic carbocycles. The Hall–Kier alpha value is -0.380. The summed E-state index contributed by atoms with van der Waals surface area (Å²) in [6, 6.07) is 4.22. The van der Waals surface area contributed by atoms with E-state index in [1.807, 2.05) is 7.05 Å². The van der Waals surface area contributed by atoms with Crippen molar-refractivity contribution in [3.8, 4) is 0 Å². The van der Waals surface area contributed by atoms with Crippen molar-refractivity contribution in [1.82, 2.24) is 20.4 Å². The average molecular weight is 451 g/mol. The van der Waals surface area contributed by atoms with E-state index in [1.165, 1.54) is 44.0 Å². The van der Waals surface area contributed by atoms with Gasteiger partial charge in [-0.3, -0.25) is 4.99 Å². The van der Waals surface area contributed by atoms with Crippen LogP contribution >= 0.6 is 35.3 Å². The molecule has 0 amide bonds. The van der Waals surface area contributed by atoms with Crippen molar-refractivity contribution in [3.63, 3.8) is 0 Å². The lowest BCUT2D eigenvalue weighted by atomic mass is 10.3. The number of rotatable bonds is 6. The maximum atomic E-state index is 4.28. The van der Waals surface area contributed by atoms with Crippen LogP contribution in [0, 0.1) is 0 Å². The van der Waals surface area contributed by atoms with Crippen LogP contribution in [0.25, 0.3) is 0 Å². The number of halogens is 1. The Morgan fingerprint density at radius 1 is 1.26 bits per heavy atom. The predicted molar refractivity (Wildman–Crippen MR) is 111 cm³/mol. The molecule has 2 rings (SSSR count). The molecule has 0 spiro atoms. The quantitative estimate of drug-likeness (QED) is 0.301. The van der Waals surface area contributed by atoms with Crippen molar-refractivity contribution in [3.05, 3.63) is 22.4 Å². The Balaban J connectivity index is 0.00000264. The van der Waals surface area contributed by atoms with Crippen LogP contribution in [-0.2, 0) is 6.54 Å². The number of hydrogen-bond acceptors (Lipinski definition) is 4. The van der Waals surface area contributed by atoms with E-state index in [4.69, 9.17) is 0 Å². The molecule has 1 aromatic rings. The van der Waals surface area contributed by atoms with Crippen LogP contribution in [0.2, 0.25) is 0 Å². The molecule has 2 heterocycles. The fourth-order valence-electron chi connectivity index (χ4n) is 2.64. The van der Waals surface area contributed by atoms with Crippen LogP contribution in [0.4, 0.5) is 0 Å². The van der Waals surface area contributed by atoms with Gasteiger partial charge in [0.15, 0.2) is 5.96 Å². The van der Waals surface area contributed by atoms with Gasteiger partial charge in [0.2, 0.25) is 0 Å². The largest absolute Gasteiger partial charge is 0.356 e. The lowest BCUT2D eigenvalue weighted by Gasteiger charge is -2.20. The summed E-state index contributed by atoms with van der Waals surface area (Å²) in [4.78, 5) is 10.6. The maximum Gasteiger partial charge on any atom is 0.191 e. The number of likely N-dealkylation sites (N-methyl/N-ethyl adjacent to an activating group) is 1. The minimum Gasteiger partial charge on any atom is -0.356 e. The van der Waals surface area contributed by atoms with Crippen molar-refractivity contribution in [1.29, 1.82) is 0 Å². The number of aliphatic imine (C=N–C) groups is 1. The summed E-state index contributed by atoms with van der Waals surface area (Å²) in [5.74, 6) is 0.893. The zero-order valence-electron chi connectivity index (χ0n) is 14.3. The van der Waals surface area contributed by atoms with Gasteiger partial charge < -0.3 is 20.4 Å². The summed E-state index contributed by atoms with van der Waals surface area (Å²) in [6.45, 7) is 7.83. The number of hydrogen-bond donors (Lipinski definition) is 2. The molecule has 0 atom stereocenters. The SMILES string of the molecule is CN=C(NCCCN1CCCN(C)CC1)NCc1cccs1.I. The Kier molecular flexibility index (Phi) is 10.8. The molecular formula is C16H30IN5S. The third-order valence-electron chi connectivity index (χ3n) is 3.99.